The standard InChI is InChI=1S/C26H24ClN5O3/c27-18-6-4-17(5-7-18)15-32-16-20(26(34)35)25(33)19-13-21(28)23(14-22(19)32)30-9-11-31(12-10-30)24-3-1-2-8-29-24/h1-8,13-14,16H,9-12,15,28H2,(H,34,35). The Kier molecular flexibility index (Phi) is 6.05. The highest BCUT2D eigenvalue weighted by Crippen LogP contribution is 2.30. The van der Waals surface area contributed by atoms with Gasteiger partial charge >= 0.3 is 5.97 Å². The van der Waals surface area contributed by atoms with Gasteiger partial charge in [-0.25, -0.2) is 9.78 Å². The molecule has 1 aliphatic rings. The number of nitrogen functional groups attached to an aromatic ring is 1. The van der Waals surface area contributed by atoms with Gasteiger partial charge in [-0.2, -0.15) is 0 Å². The lowest BCUT2D eigenvalue weighted by Crippen LogP contribution is -2.47. The Morgan fingerprint density at radius 2 is 1.74 bits per heavy atom. The minimum absolute atomic E-state index is 0.284. The monoisotopic (exact) mass is 489 g/mol. The van der Waals surface area contributed by atoms with Crippen molar-refractivity contribution >= 4 is 45.7 Å². The summed E-state index contributed by atoms with van der Waals surface area (Å²) in [5, 5.41) is 10.5. The van der Waals surface area contributed by atoms with Crippen LogP contribution < -0.4 is 21.0 Å². The lowest BCUT2D eigenvalue weighted by Gasteiger charge is -2.37. The van der Waals surface area contributed by atoms with Crippen molar-refractivity contribution in [2.75, 3.05) is 41.7 Å². The van der Waals surface area contributed by atoms with Crippen molar-refractivity contribution in [2.45, 2.75) is 6.54 Å². The van der Waals surface area contributed by atoms with E-state index in [-0.39, 0.29) is 10.9 Å². The third-order valence-corrected chi connectivity index (χ3v) is 6.57. The van der Waals surface area contributed by atoms with E-state index in [4.69, 9.17) is 17.3 Å². The van der Waals surface area contributed by atoms with Crippen LogP contribution in [0.3, 0.4) is 0 Å². The maximum Gasteiger partial charge on any atom is 0.341 e. The highest BCUT2D eigenvalue weighted by atomic mass is 35.5. The first-order valence-electron chi connectivity index (χ1n) is 11.3. The Labute approximate surface area is 206 Å². The van der Waals surface area contributed by atoms with E-state index >= 15 is 0 Å². The molecular formula is C26H24ClN5O3. The van der Waals surface area contributed by atoms with E-state index in [1.165, 1.54) is 6.20 Å². The van der Waals surface area contributed by atoms with Crippen LogP contribution >= 0.6 is 11.6 Å². The number of carbonyl (C=O) groups is 1. The number of hydrogen-bond acceptors (Lipinski definition) is 6. The van der Waals surface area contributed by atoms with Gasteiger partial charge in [0.05, 0.1) is 16.9 Å². The molecule has 5 rings (SSSR count). The number of fused-ring (bicyclic) bond motifs is 1. The molecule has 4 aromatic rings. The van der Waals surface area contributed by atoms with Gasteiger partial charge in [0.15, 0.2) is 0 Å². The lowest BCUT2D eigenvalue weighted by molar-refractivity contribution is 0.0695. The van der Waals surface area contributed by atoms with Gasteiger partial charge in [0, 0.05) is 55.5 Å². The summed E-state index contributed by atoms with van der Waals surface area (Å²) in [5.41, 5.74) is 8.40. The highest BCUT2D eigenvalue weighted by molar-refractivity contribution is 6.30. The number of aromatic carboxylic acids is 1. The molecule has 35 heavy (non-hydrogen) atoms. The first-order valence-corrected chi connectivity index (χ1v) is 11.6. The van der Waals surface area contributed by atoms with Crippen LogP contribution in [0.2, 0.25) is 5.02 Å². The topological polar surface area (TPSA) is 105 Å². The van der Waals surface area contributed by atoms with E-state index in [1.54, 1.807) is 29.0 Å². The highest BCUT2D eigenvalue weighted by Gasteiger charge is 2.22. The normalized spacial score (nSPS) is 13.9. The van der Waals surface area contributed by atoms with Crippen LogP contribution in [0.4, 0.5) is 17.2 Å². The summed E-state index contributed by atoms with van der Waals surface area (Å²) in [4.78, 5) is 33.6. The molecule has 9 heteroatoms. The number of nitrogens with zero attached hydrogens (tertiary/aromatic N) is 4. The molecule has 1 aliphatic heterocycles. The number of rotatable bonds is 5. The molecule has 0 radical (unpaired) electrons. The van der Waals surface area contributed by atoms with Crippen molar-refractivity contribution < 1.29 is 9.90 Å². The minimum Gasteiger partial charge on any atom is -0.477 e. The van der Waals surface area contributed by atoms with Gasteiger partial charge in [-0.05, 0) is 42.0 Å². The summed E-state index contributed by atoms with van der Waals surface area (Å²) in [7, 11) is 0. The molecule has 0 atom stereocenters. The van der Waals surface area contributed by atoms with E-state index in [2.05, 4.69) is 14.8 Å². The van der Waals surface area contributed by atoms with E-state index in [1.807, 2.05) is 36.4 Å². The van der Waals surface area contributed by atoms with E-state index < -0.39 is 11.4 Å². The van der Waals surface area contributed by atoms with Crippen molar-refractivity contribution in [3.63, 3.8) is 0 Å². The molecule has 0 saturated carbocycles. The van der Waals surface area contributed by atoms with Gasteiger partial charge < -0.3 is 25.2 Å². The van der Waals surface area contributed by atoms with Gasteiger partial charge in [0.25, 0.3) is 0 Å². The maximum atomic E-state index is 13.0. The summed E-state index contributed by atoms with van der Waals surface area (Å²) in [6, 6.07) is 16.7. The molecule has 1 fully saturated rings. The maximum absolute atomic E-state index is 13.0. The number of carboxylic acid groups (broad SMARTS) is 1. The van der Waals surface area contributed by atoms with E-state index in [0.29, 0.717) is 22.8 Å². The molecular weight excluding hydrogens is 466 g/mol. The zero-order valence-electron chi connectivity index (χ0n) is 18.9. The number of anilines is 3. The van der Waals surface area contributed by atoms with Crippen LogP contribution in [-0.4, -0.2) is 46.8 Å². The Morgan fingerprint density at radius 1 is 1.03 bits per heavy atom. The van der Waals surface area contributed by atoms with Crippen molar-refractivity contribution in [1.29, 1.82) is 0 Å². The van der Waals surface area contributed by atoms with Crippen LogP contribution in [0.15, 0.2) is 71.8 Å². The summed E-state index contributed by atoms with van der Waals surface area (Å²) < 4.78 is 1.79. The number of carboxylic acids is 1. The summed E-state index contributed by atoms with van der Waals surface area (Å²) in [6.45, 7) is 3.42. The summed E-state index contributed by atoms with van der Waals surface area (Å²) in [5.74, 6) is -0.327. The molecule has 0 bridgehead atoms. The van der Waals surface area contributed by atoms with E-state index in [0.717, 1.165) is 43.2 Å². The molecule has 178 valence electrons. The number of pyridine rings is 2. The molecule has 1 saturated heterocycles. The molecule has 3 heterocycles. The fourth-order valence-electron chi connectivity index (χ4n) is 4.50. The number of nitrogens with two attached hydrogens (primary N) is 1. The quantitative estimate of drug-likeness (QED) is 0.412. The van der Waals surface area contributed by atoms with Gasteiger partial charge in [-0.3, -0.25) is 4.79 Å². The summed E-state index contributed by atoms with van der Waals surface area (Å²) in [6.07, 6.45) is 3.19. The van der Waals surface area contributed by atoms with Crippen LogP contribution in [0.25, 0.3) is 10.9 Å². The second-order valence-electron chi connectivity index (χ2n) is 8.52. The smallest absolute Gasteiger partial charge is 0.341 e. The van der Waals surface area contributed by atoms with E-state index in [9.17, 15) is 14.7 Å². The third kappa shape index (κ3) is 4.52. The van der Waals surface area contributed by atoms with Crippen molar-refractivity contribution in [3.05, 3.63) is 93.4 Å². The first kappa shape index (κ1) is 22.7. The van der Waals surface area contributed by atoms with Gasteiger partial charge in [-0.1, -0.05) is 29.8 Å². The Hall–Kier alpha value is -4.04. The number of benzene rings is 2. The van der Waals surface area contributed by atoms with Crippen LogP contribution in [0.5, 0.6) is 0 Å². The van der Waals surface area contributed by atoms with Gasteiger partial charge in [-0.15, -0.1) is 0 Å². The third-order valence-electron chi connectivity index (χ3n) is 6.32. The van der Waals surface area contributed by atoms with Gasteiger partial charge in [0.1, 0.15) is 11.4 Å². The summed E-state index contributed by atoms with van der Waals surface area (Å²) >= 11 is 6.02. The zero-order chi connectivity index (χ0) is 24.5. The SMILES string of the molecule is Nc1cc2c(=O)c(C(=O)O)cn(Cc3ccc(Cl)cc3)c2cc1N1CCN(c2ccccn2)CC1. The molecule has 0 spiro atoms. The van der Waals surface area contributed by atoms with Crippen molar-refractivity contribution in [2.24, 2.45) is 0 Å². The number of piperazine rings is 1. The Morgan fingerprint density at radius 3 is 2.40 bits per heavy atom. The van der Waals surface area contributed by atoms with Crippen LogP contribution in [-0.2, 0) is 6.54 Å². The largest absolute Gasteiger partial charge is 0.477 e. The fourth-order valence-corrected chi connectivity index (χ4v) is 4.63. The molecule has 2 aromatic heterocycles. The number of aromatic nitrogens is 2. The zero-order valence-corrected chi connectivity index (χ0v) is 19.7. The van der Waals surface area contributed by atoms with Crippen molar-refractivity contribution in [3.8, 4) is 0 Å². The van der Waals surface area contributed by atoms with Gasteiger partial charge in [0.2, 0.25) is 5.43 Å². The van der Waals surface area contributed by atoms with Crippen LogP contribution in [0.1, 0.15) is 15.9 Å². The predicted molar refractivity (Wildman–Crippen MR) is 139 cm³/mol. The minimum atomic E-state index is -1.27. The van der Waals surface area contributed by atoms with Crippen molar-refractivity contribution in [1.82, 2.24) is 9.55 Å². The molecule has 2 aromatic carbocycles. The second-order valence-corrected chi connectivity index (χ2v) is 8.96. The van der Waals surface area contributed by atoms with Crippen LogP contribution in [0, 0.1) is 0 Å². The molecule has 0 aliphatic carbocycles. The average Bonchev–Trinajstić information content (AvgIpc) is 2.87. The number of halogens is 1. The fraction of sp³-hybridized carbons (Fsp3) is 0.192. The molecule has 0 amide bonds. The number of hydrogen-bond donors (Lipinski definition) is 2. The Bertz CT molecular complexity index is 1450. The average molecular weight is 490 g/mol. The molecule has 0 unspecified atom stereocenters. The predicted octanol–water partition coefficient (Wildman–Crippen LogP) is 3.71. The molecule has 3 N–H and O–H groups in total. The first-order chi connectivity index (χ1) is 16.9. The molecule has 8 nitrogen and oxygen atoms in total. The second kappa shape index (κ2) is 9.31. The Balaban J connectivity index is 1.53. The lowest BCUT2D eigenvalue weighted by atomic mass is 10.1.